The van der Waals surface area contributed by atoms with Crippen molar-refractivity contribution in [3.63, 3.8) is 0 Å². The highest BCUT2D eigenvalue weighted by molar-refractivity contribution is 7.99. The van der Waals surface area contributed by atoms with Crippen LogP contribution in [-0.2, 0) is 4.74 Å². The van der Waals surface area contributed by atoms with Crippen LogP contribution in [0.4, 0.5) is 0 Å². The molecular weight excluding hydrogens is 286 g/mol. The second kappa shape index (κ2) is 7.26. The van der Waals surface area contributed by atoms with Crippen molar-refractivity contribution >= 4 is 17.7 Å². The molecule has 21 heavy (non-hydrogen) atoms. The van der Waals surface area contributed by atoms with Crippen molar-refractivity contribution in [2.24, 2.45) is 5.92 Å². The number of rotatable bonds is 6. The van der Waals surface area contributed by atoms with Gasteiger partial charge in [0.05, 0.1) is 6.61 Å². The molecule has 2 rings (SSSR count). The molecule has 0 aliphatic heterocycles. The van der Waals surface area contributed by atoms with Gasteiger partial charge in [-0.05, 0) is 25.0 Å². The van der Waals surface area contributed by atoms with Crippen LogP contribution in [-0.4, -0.2) is 33.7 Å². The largest absolute Gasteiger partial charge is 0.461 e. The van der Waals surface area contributed by atoms with Gasteiger partial charge in [-0.15, -0.1) is 16.9 Å². The minimum absolute atomic E-state index is 0.225. The van der Waals surface area contributed by atoms with Crippen LogP contribution in [0, 0.1) is 5.92 Å². The number of nitrogens with zero attached hydrogens (tertiary/aromatic N) is 2. The fraction of sp³-hybridized carbons (Fsp3) is 0.400. The first-order valence-electron chi connectivity index (χ1n) is 6.93. The normalized spacial score (nSPS) is 10.9. The number of ether oxygens (including phenoxy) is 1. The number of nitrogens with one attached hydrogen (secondary N) is 1. The molecule has 5 nitrogen and oxygen atoms in total. The Balaban J connectivity index is 2.24. The molecule has 0 amide bonds. The molecule has 0 fully saturated rings. The van der Waals surface area contributed by atoms with Gasteiger partial charge in [-0.25, -0.2) is 4.79 Å². The maximum Gasteiger partial charge on any atom is 0.361 e. The maximum absolute atomic E-state index is 11.8. The van der Waals surface area contributed by atoms with E-state index in [-0.39, 0.29) is 5.69 Å². The molecule has 0 radical (unpaired) electrons. The van der Waals surface area contributed by atoms with E-state index in [9.17, 15) is 4.79 Å². The SMILES string of the molecule is CCOC(=O)c1n[nH]nc1-c1cccc(SCC(C)C)c1. The summed E-state index contributed by atoms with van der Waals surface area (Å²) in [5.74, 6) is 1.22. The first-order chi connectivity index (χ1) is 10.1. The molecular formula is C15H19N3O2S. The average Bonchev–Trinajstić information content (AvgIpc) is 2.95. The predicted molar refractivity (Wildman–Crippen MR) is 83.3 cm³/mol. The fourth-order valence-electron chi connectivity index (χ4n) is 1.77. The lowest BCUT2D eigenvalue weighted by molar-refractivity contribution is 0.0520. The van der Waals surface area contributed by atoms with E-state index in [2.05, 4.69) is 35.3 Å². The number of thioether (sulfide) groups is 1. The van der Waals surface area contributed by atoms with Crippen LogP contribution in [0.1, 0.15) is 31.3 Å². The summed E-state index contributed by atoms with van der Waals surface area (Å²) < 4.78 is 4.99. The maximum atomic E-state index is 11.8. The summed E-state index contributed by atoms with van der Waals surface area (Å²) >= 11 is 1.79. The molecule has 1 N–H and O–H groups in total. The molecule has 0 unspecified atom stereocenters. The van der Waals surface area contributed by atoms with Gasteiger partial charge in [0.25, 0.3) is 0 Å². The molecule has 112 valence electrons. The Hall–Kier alpha value is -1.82. The van der Waals surface area contributed by atoms with E-state index in [1.165, 1.54) is 0 Å². The van der Waals surface area contributed by atoms with Crippen LogP contribution < -0.4 is 0 Å². The van der Waals surface area contributed by atoms with Gasteiger partial charge in [-0.3, -0.25) is 0 Å². The van der Waals surface area contributed by atoms with E-state index in [0.29, 0.717) is 18.2 Å². The molecule has 0 aliphatic rings. The third-order valence-corrected chi connectivity index (χ3v) is 4.13. The molecule has 2 aromatic rings. The van der Waals surface area contributed by atoms with Gasteiger partial charge in [0.15, 0.2) is 5.69 Å². The second-order valence-corrected chi connectivity index (χ2v) is 6.07. The molecule has 0 spiro atoms. The van der Waals surface area contributed by atoms with Crippen molar-refractivity contribution in [1.29, 1.82) is 0 Å². The number of carbonyl (C=O) groups excluding carboxylic acids is 1. The van der Waals surface area contributed by atoms with Gasteiger partial charge in [-0.1, -0.05) is 26.0 Å². The Kier molecular flexibility index (Phi) is 5.38. The van der Waals surface area contributed by atoms with Crippen LogP contribution in [0.25, 0.3) is 11.3 Å². The third-order valence-electron chi connectivity index (χ3n) is 2.71. The molecule has 0 saturated heterocycles. The predicted octanol–water partition coefficient (Wildman–Crippen LogP) is 3.40. The molecule has 1 aromatic heterocycles. The minimum atomic E-state index is -0.457. The zero-order chi connectivity index (χ0) is 15.2. The minimum Gasteiger partial charge on any atom is -0.461 e. The van der Waals surface area contributed by atoms with Crippen molar-refractivity contribution < 1.29 is 9.53 Å². The Morgan fingerprint density at radius 2 is 2.19 bits per heavy atom. The molecule has 0 saturated carbocycles. The van der Waals surface area contributed by atoms with Crippen LogP contribution in [0.5, 0.6) is 0 Å². The number of carbonyl (C=O) groups is 1. The van der Waals surface area contributed by atoms with Gasteiger partial charge >= 0.3 is 5.97 Å². The summed E-state index contributed by atoms with van der Waals surface area (Å²) in [6.45, 7) is 6.46. The lowest BCUT2D eigenvalue weighted by Crippen LogP contribution is -2.06. The van der Waals surface area contributed by atoms with E-state index in [1.54, 1.807) is 18.7 Å². The fourth-order valence-corrected chi connectivity index (χ4v) is 2.68. The summed E-state index contributed by atoms with van der Waals surface area (Å²) in [4.78, 5) is 13.0. The smallest absolute Gasteiger partial charge is 0.361 e. The molecule has 0 aliphatic carbocycles. The summed E-state index contributed by atoms with van der Waals surface area (Å²) in [6.07, 6.45) is 0. The molecule has 1 aromatic carbocycles. The van der Waals surface area contributed by atoms with Gasteiger partial charge in [0.1, 0.15) is 5.69 Å². The van der Waals surface area contributed by atoms with Crippen molar-refractivity contribution in [2.75, 3.05) is 12.4 Å². The van der Waals surface area contributed by atoms with E-state index in [4.69, 9.17) is 4.74 Å². The van der Waals surface area contributed by atoms with Gasteiger partial charge in [0.2, 0.25) is 0 Å². The zero-order valence-corrected chi connectivity index (χ0v) is 13.2. The summed E-state index contributed by atoms with van der Waals surface area (Å²) in [5, 5.41) is 10.5. The highest BCUT2D eigenvalue weighted by atomic mass is 32.2. The number of hydrogen-bond donors (Lipinski definition) is 1. The number of aromatic nitrogens is 3. The second-order valence-electron chi connectivity index (χ2n) is 4.97. The summed E-state index contributed by atoms with van der Waals surface area (Å²) in [5.41, 5.74) is 1.61. The standard InChI is InChI=1S/C15H19N3O2S/c1-4-20-15(19)14-13(16-18-17-14)11-6-5-7-12(8-11)21-9-10(2)3/h5-8,10H,4,9H2,1-3H3,(H,16,17,18). The quantitative estimate of drug-likeness (QED) is 0.654. The number of esters is 1. The molecule has 0 atom stereocenters. The molecule has 1 heterocycles. The zero-order valence-electron chi connectivity index (χ0n) is 12.4. The van der Waals surface area contributed by atoms with Crippen LogP contribution in [0.2, 0.25) is 0 Å². The number of aromatic amines is 1. The Labute approximate surface area is 128 Å². The average molecular weight is 305 g/mol. The highest BCUT2D eigenvalue weighted by Gasteiger charge is 2.19. The number of hydrogen-bond acceptors (Lipinski definition) is 5. The van der Waals surface area contributed by atoms with Crippen LogP contribution >= 0.6 is 11.8 Å². The lowest BCUT2D eigenvalue weighted by Gasteiger charge is -2.06. The lowest BCUT2D eigenvalue weighted by atomic mass is 10.1. The third kappa shape index (κ3) is 4.07. The summed E-state index contributed by atoms with van der Waals surface area (Å²) in [7, 11) is 0. The Morgan fingerprint density at radius 1 is 1.38 bits per heavy atom. The van der Waals surface area contributed by atoms with Crippen LogP contribution in [0.15, 0.2) is 29.2 Å². The first-order valence-corrected chi connectivity index (χ1v) is 7.91. The molecule has 0 bridgehead atoms. The Morgan fingerprint density at radius 3 is 2.90 bits per heavy atom. The van der Waals surface area contributed by atoms with E-state index in [0.717, 1.165) is 16.2 Å². The van der Waals surface area contributed by atoms with Crippen molar-refractivity contribution in [1.82, 2.24) is 15.4 Å². The van der Waals surface area contributed by atoms with E-state index < -0.39 is 5.97 Å². The monoisotopic (exact) mass is 305 g/mol. The van der Waals surface area contributed by atoms with Gasteiger partial charge < -0.3 is 4.74 Å². The van der Waals surface area contributed by atoms with Crippen LogP contribution in [0.3, 0.4) is 0 Å². The van der Waals surface area contributed by atoms with Gasteiger partial charge in [0, 0.05) is 16.2 Å². The van der Waals surface area contributed by atoms with E-state index in [1.807, 2.05) is 18.2 Å². The van der Waals surface area contributed by atoms with E-state index >= 15 is 0 Å². The van der Waals surface area contributed by atoms with Crippen molar-refractivity contribution in [2.45, 2.75) is 25.7 Å². The number of benzene rings is 1. The molecule has 6 heteroatoms. The topological polar surface area (TPSA) is 67.9 Å². The van der Waals surface area contributed by atoms with Crippen molar-refractivity contribution in [3.05, 3.63) is 30.0 Å². The first kappa shape index (κ1) is 15.6. The Bertz CT molecular complexity index is 610. The number of H-pyrrole nitrogens is 1. The van der Waals surface area contributed by atoms with Crippen molar-refractivity contribution in [3.8, 4) is 11.3 Å². The van der Waals surface area contributed by atoms with Gasteiger partial charge in [-0.2, -0.15) is 10.3 Å². The summed E-state index contributed by atoms with van der Waals surface area (Å²) in [6, 6.07) is 7.95. The highest BCUT2D eigenvalue weighted by Crippen LogP contribution is 2.27.